The van der Waals surface area contributed by atoms with Gasteiger partial charge in [-0.2, -0.15) is 13.2 Å². The molecule has 0 heterocycles. The maximum atomic E-state index is 11.9. The highest BCUT2D eigenvalue weighted by atomic mass is 19.4. The molecule has 9 heteroatoms. The first kappa shape index (κ1) is 17.6. The van der Waals surface area contributed by atoms with Crippen LogP contribution in [0.1, 0.15) is 5.56 Å². The van der Waals surface area contributed by atoms with Crippen LogP contribution in [0.4, 0.5) is 26.3 Å². The van der Waals surface area contributed by atoms with Crippen molar-refractivity contribution >= 4 is 0 Å². The summed E-state index contributed by atoms with van der Waals surface area (Å²) in [6, 6.07) is 4.64. The molecule has 0 amide bonds. The highest BCUT2D eigenvalue weighted by Gasteiger charge is 2.31. The molecule has 0 fully saturated rings. The summed E-state index contributed by atoms with van der Waals surface area (Å²) in [6.07, 6.45) is -10.5. The highest BCUT2D eigenvalue weighted by molar-refractivity contribution is 5.27. The maximum absolute atomic E-state index is 11.9. The van der Waals surface area contributed by atoms with Gasteiger partial charge in [0.15, 0.2) is 0 Å². The molecule has 120 valence electrons. The Labute approximate surface area is 116 Å². The smallest absolute Gasteiger partial charge is 0.406 e. The Morgan fingerprint density at radius 1 is 1.00 bits per heavy atom. The molecule has 0 saturated carbocycles. The van der Waals surface area contributed by atoms with Crippen LogP contribution in [0.15, 0.2) is 24.3 Å². The summed E-state index contributed by atoms with van der Waals surface area (Å²) in [6.45, 7) is -2.00. The third kappa shape index (κ3) is 8.41. The van der Waals surface area contributed by atoms with Crippen molar-refractivity contribution < 1.29 is 40.9 Å². The van der Waals surface area contributed by atoms with Gasteiger partial charge >= 0.3 is 12.5 Å². The van der Waals surface area contributed by atoms with E-state index in [1.54, 1.807) is 0 Å². The number of hydrogen-bond acceptors (Lipinski definition) is 3. The second-order valence-electron chi connectivity index (χ2n) is 4.18. The van der Waals surface area contributed by atoms with E-state index in [0.717, 1.165) is 12.1 Å². The van der Waals surface area contributed by atoms with Gasteiger partial charge < -0.3 is 14.6 Å². The van der Waals surface area contributed by atoms with Crippen molar-refractivity contribution in [2.45, 2.75) is 25.1 Å². The summed E-state index contributed by atoms with van der Waals surface area (Å²) in [4.78, 5) is 0. The number of halogens is 6. The van der Waals surface area contributed by atoms with Gasteiger partial charge in [-0.05, 0) is 17.7 Å². The molecular formula is C12H12F6O3. The van der Waals surface area contributed by atoms with Gasteiger partial charge in [0.05, 0.1) is 12.7 Å². The van der Waals surface area contributed by atoms with E-state index < -0.39 is 37.6 Å². The molecule has 1 unspecified atom stereocenters. The van der Waals surface area contributed by atoms with E-state index in [9.17, 15) is 31.4 Å². The molecular weight excluding hydrogens is 306 g/mol. The molecule has 0 radical (unpaired) electrons. The van der Waals surface area contributed by atoms with Crippen LogP contribution in [0.2, 0.25) is 0 Å². The van der Waals surface area contributed by atoms with Gasteiger partial charge in [0.25, 0.3) is 0 Å². The quantitative estimate of drug-likeness (QED) is 0.819. The van der Waals surface area contributed by atoms with Crippen molar-refractivity contribution in [1.29, 1.82) is 0 Å². The lowest BCUT2D eigenvalue weighted by Crippen LogP contribution is -2.24. The number of alkyl halides is 6. The molecule has 0 aliphatic carbocycles. The van der Waals surface area contributed by atoms with Crippen LogP contribution in [0, 0.1) is 0 Å². The van der Waals surface area contributed by atoms with E-state index in [1.165, 1.54) is 12.1 Å². The Morgan fingerprint density at radius 3 is 2.05 bits per heavy atom. The minimum atomic E-state index is -4.80. The number of ether oxygens (including phenoxy) is 2. The molecule has 1 N–H and O–H groups in total. The molecule has 0 aromatic heterocycles. The lowest BCUT2D eigenvalue weighted by Gasteiger charge is -2.13. The summed E-state index contributed by atoms with van der Waals surface area (Å²) < 4.78 is 79.1. The Morgan fingerprint density at radius 2 is 1.57 bits per heavy atom. The topological polar surface area (TPSA) is 38.7 Å². The van der Waals surface area contributed by atoms with Crippen molar-refractivity contribution in [3.8, 4) is 5.75 Å². The number of benzene rings is 1. The van der Waals surface area contributed by atoms with Crippen LogP contribution in [-0.2, 0) is 11.2 Å². The Balaban J connectivity index is 2.41. The number of hydrogen-bond donors (Lipinski definition) is 1. The van der Waals surface area contributed by atoms with Crippen molar-refractivity contribution in [3.05, 3.63) is 29.8 Å². The average molecular weight is 318 g/mol. The first-order chi connectivity index (χ1) is 9.55. The molecule has 1 rings (SSSR count). The zero-order valence-corrected chi connectivity index (χ0v) is 10.5. The molecule has 1 aromatic carbocycles. The van der Waals surface area contributed by atoms with Crippen LogP contribution in [-0.4, -0.2) is 37.0 Å². The van der Waals surface area contributed by atoms with Gasteiger partial charge in [-0.3, -0.25) is 0 Å². The molecule has 3 nitrogen and oxygen atoms in total. The lowest BCUT2D eigenvalue weighted by molar-refractivity contribution is -0.274. The first-order valence-electron chi connectivity index (χ1n) is 5.72. The summed E-state index contributed by atoms with van der Waals surface area (Å²) in [5, 5.41) is 9.45. The van der Waals surface area contributed by atoms with Crippen molar-refractivity contribution in [3.63, 3.8) is 0 Å². The summed E-state index contributed by atoms with van der Waals surface area (Å²) >= 11 is 0. The van der Waals surface area contributed by atoms with E-state index in [4.69, 9.17) is 0 Å². The molecule has 1 aromatic rings. The van der Waals surface area contributed by atoms with Crippen LogP contribution in [0.3, 0.4) is 0 Å². The Bertz CT molecular complexity index is 426. The number of aliphatic hydroxyl groups is 1. The minimum absolute atomic E-state index is 0.0514. The second-order valence-corrected chi connectivity index (χ2v) is 4.18. The maximum Gasteiger partial charge on any atom is 0.573 e. The van der Waals surface area contributed by atoms with Crippen LogP contribution >= 0.6 is 0 Å². The van der Waals surface area contributed by atoms with Crippen molar-refractivity contribution in [2.75, 3.05) is 13.2 Å². The normalized spacial score (nSPS) is 14.0. The van der Waals surface area contributed by atoms with E-state index in [0.29, 0.717) is 5.56 Å². The van der Waals surface area contributed by atoms with Crippen LogP contribution in [0.5, 0.6) is 5.75 Å². The number of rotatable bonds is 6. The number of aliphatic hydroxyl groups excluding tert-OH is 1. The van der Waals surface area contributed by atoms with E-state index >= 15 is 0 Å². The predicted octanol–water partition coefficient (Wildman–Crippen LogP) is 3.07. The molecule has 0 saturated heterocycles. The van der Waals surface area contributed by atoms with Crippen LogP contribution in [0.25, 0.3) is 0 Å². The average Bonchev–Trinajstić information content (AvgIpc) is 2.28. The Hall–Kier alpha value is -1.48. The zero-order chi connectivity index (χ0) is 16.1. The van der Waals surface area contributed by atoms with Gasteiger partial charge in [0.1, 0.15) is 12.4 Å². The van der Waals surface area contributed by atoms with E-state index in [2.05, 4.69) is 9.47 Å². The lowest BCUT2D eigenvalue weighted by atomic mass is 10.1. The minimum Gasteiger partial charge on any atom is -0.406 e. The van der Waals surface area contributed by atoms with Crippen LogP contribution < -0.4 is 4.74 Å². The fourth-order valence-corrected chi connectivity index (χ4v) is 1.47. The fourth-order valence-electron chi connectivity index (χ4n) is 1.47. The summed E-state index contributed by atoms with van der Waals surface area (Å²) in [5.74, 6) is -0.422. The standard InChI is InChI=1S/C12H12F6O3/c13-11(14,15)7-20-6-9(19)5-8-1-3-10(4-2-8)21-12(16,17)18/h1-4,9,19H,5-7H2. The molecule has 0 bridgehead atoms. The van der Waals surface area contributed by atoms with Gasteiger partial charge in [-0.25, -0.2) is 0 Å². The largest absolute Gasteiger partial charge is 0.573 e. The van der Waals surface area contributed by atoms with Gasteiger partial charge in [0.2, 0.25) is 0 Å². The molecule has 0 aliphatic heterocycles. The van der Waals surface area contributed by atoms with Gasteiger partial charge in [-0.1, -0.05) is 12.1 Å². The molecule has 1 atom stereocenters. The van der Waals surface area contributed by atoms with Crippen molar-refractivity contribution in [2.24, 2.45) is 0 Å². The SMILES string of the molecule is OC(COCC(F)(F)F)Cc1ccc(OC(F)(F)F)cc1. The predicted molar refractivity (Wildman–Crippen MR) is 59.7 cm³/mol. The third-order valence-corrected chi connectivity index (χ3v) is 2.20. The second kappa shape index (κ2) is 6.99. The van der Waals surface area contributed by atoms with Crippen molar-refractivity contribution in [1.82, 2.24) is 0 Å². The molecule has 0 spiro atoms. The Kier molecular flexibility index (Phi) is 5.85. The third-order valence-electron chi connectivity index (χ3n) is 2.20. The monoisotopic (exact) mass is 318 g/mol. The summed E-state index contributed by atoms with van der Waals surface area (Å²) in [5.41, 5.74) is 0.438. The fraction of sp³-hybridized carbons (Fsp3) is 0.500. The first-order valence-corrected chi connectivity index (χ1v) is 5.72. The highest BCUT2D eigenvalue weighted by Crippen LogP contribution is 2.23. The van der Waals surface area contributed by atoms with E-state index in [-0.39, 0.29) is 6.42 Å². The van der Waals surface area contributed by atoms with Gasteiger partial charge in [-0.15, -0.1) is 13.2 Å². The summed E-state index contributed by atoms with van der Waals surface area (Å²) in [7, 11) is 0. The molecule has 21 heavy (non-hydrogen) atoms. The zero-order valence-electron chi connectivity index (χ0n) is 10.5. The van der Waals surface area contributed by atoms with E-state index in [1.807, 2.05) is 0 Å². The molecule has 0 aliphatic rings. The van der Waals surface area contributed by atoms with Gasteiger partial charge in [0, 0.05) is 6.42 Å².